The molecule has 1 saturated carbocycles. The summed E-state index contributed by atoms with van der Waals surface area (Å²) in [4.78, 5) is 4.29. The number of hydrogen-bond donors (Lipinski definition) is 1. The SMILES string of the molecule is CCNC(c1cccnc1)C1CCCCC1(C)C. The van der Waals surface area contributed by atoms with Crippen LogP contribution < -0.4 is 5.32 Å². The molecule has 0 aliphatic heterocycles. The quantitative estimate of drug-likeness (QED) is 0.870. The van der Waals surface area contributed by atoms with E-state index in [0.717, 1.165) is 12.5 Å². The molecule has 1 aromatic heterocycles. The predicted octanol–water partition coefficient (Wildman–Crippen LogP) is 3.95. The van der Waals surface area contributed by atoms with E-state index in [9.17, 15) is 0 Å². The summed E-state index contributed by atoms with van der Waals surface area (Å²) >= 11 is 0. The van der Waals surface area contributed by atoms with Crippen molar-refractivity contribution in [1.29, 1.82) is 0 Å². The van der Waals surface area contributed by atoms with Gasteiger partial charge in [0.15, 0.2) is 0 Å². The van der Waals surface area contributed by atoms with E-state index in [1.165, 1.54) is 31.2 Å². The second kappa shape index (κ2) is 5.83. The lowest BCUT2D eigenvalue weighted by Gasteiger charge is -2.43. The van der Waals surface area contributed by atoms with Crippen LogP contribution in [-0.2, 0) is 0 Å². The molecular weight excluding hydrogens is 220 g/mol. The van der Waals surface area contributed by atoms with Crippen LogP contribution in [-0.4, -0.2) is 11.5 Å². The van der Waals surface area contributed by atoms with E-state index in [4.69, 9.17) is 0 Å². The summed E-state index contributed by atoms with van der Waals surface area (Å²) in [5, 5.41) is 3.68. The first-order valence-electron chi connectivity index (χ1n) is 7.28. The van der Waals surface area contributed by atoms with Crippen molar-refractivity contribution in [3.05, 3.63) is 30.1 Å². The van der Waals surface area contributed by atoms with Gasteiger partial charge in [-0.15, -0.1) is 0 Å². The maximum absolute atomic E-state index is 4.29. The van der Waals surface area contributed by atoms with Gasteiger partial charge in [-0.3, -0.25) is 4.98 Å². The fourth-order valence-electron chi connectivity index (χ4n) is 3.41. The van der Waals surface area contributed by atoms with Gasteiger partial charge >= 0.3 is 0 Å². The molecule has 0 aromatic carbocycles. The first-order valence-corrected chi connectivity index (χ1v) is 7.28. The number of rotatable bonds is 4. The van der Waals surface area contributed by atoms with Crippen LogP contribution in [0.2, 0.25) is 0 Å². The van der Waals surface area contributed by atoms with Gasteiger partial charge in [0, 0.05) is 18.4 Å². The lowest BCUT2D eigenvalue weighted by Crippen LogP contribution is -2.39. The largest absolute Gasteiger partial charge is 0.310 e. The van der Waals surface area contributed by atoms with Crippen LogP contribution in [0.4, 0.5) is 0 Å². The summed E-state index contributed by atoms with van der Waals surface area (Å²) in [5.41, 5.74) is 1.78. The highest BCUT2D eigenvalue weighted by atomic mass is 14.9. The Bertz CT molecular complexity index is 359. The van der Waals surface area contributed by atoms with Crippen molar-refractivity contribution in [3.8, 4) is 0 Å². The molecule has 100 valence electrons. The molecule has 2 rings (SSSR count). The number of pyridine rings is 1. The van der Waals surface area contributed by atoms with Gasteiger partial charge in [-0.05, 0) is 42.3 Å². The molecule has 1 aliphatic carbocycles. The number of aromatic nitrogens is 1. The number of hydrogen-bond acceptors (Lipinski definition) is 2. The van der Waals surface area contributed by atoms with Gasteiger partial charge in [-0.1, -0.05) is 39.7 Å². The Balaban J connectivity index is 2.24. The lowest BCUT2D eigenvalue weighted by molar-refractivity contribution is 0.0987. The topological polar surface area (TPSA) is 24.9 Å². The third-order valence-corrected chi connectivity index (χ3v) is 4.46. The van der Waals surface area contributed by atoms with Crippen LogP contribution in [0.5, 0.6) is 0 Å². The van der Waals surface area contributed by atoms with Crippen LogP contribution in [0.1, 0.15) is 58.1 Å². The van der Waals surface area contributed by atoms with Crippen LogP contribution >= 0.6 is 0 Å². The molecule has 1 heterocycles. The van der Waals surface area contributed by atoms with Crippen molar-refractivity contribution in [2.75, 3.05) is 6.54 Å². The van der Waals surface area contributed by atoms with Gasteiger partial charge in [0.2, 0.25) is 0 Å². The zero-order valence-electron chi connectivity index (χ0n) is 11.9. The summed E-state index contributed by atoms with van der Waals surface area (Å²) < 4.78 is 0. The standard InChI is InChI=1S/C16H26N2/c1-4-18-15(13-8-7-11-17-12-13)14-9-5-6-10-16(14,2)3/h7-8,11-12,14-15,18H,4-6,9-10H2,1-3H3. The lowest BCUT2D eigenvalue weighted by atomic mass is 9.65. The molecule has 0 radical (unpaired) electrons. The minimum Gasteiger partial charge on any atom is -0.310 e. The molecule has 1 aromatic rings. The van der Waals surface area contributed by atoms with E-state index in [-0.39, 0.29) is 0 Å². The van der Waals surface area contributed by atoms with Crippen LogP contribution in [0.15, 0.2) is 24.5 Å². The zero-order valence-corrected chi connectivity index (χ0v) is 11.9. The third kappa shape index (κ3) is 2.92. The molecule has 0 bridgehead atoms. The Morgan fingerprint density at radius 1 is 1.44 bits per heavy atom. The smallest absolute Gasteiger partial charge is 0.0368 e. The van der Waals surface area contributed by atoms with Crippen molar-refractivity contribution >= 4 is 0 Å². The van der Waals surface area contributed by atoms with Crippen molar-refractivity contribution in [2.24, 2.45) is 11.3 Å². The van der Waals surface area contributed by atoms with Gasteiger partial charge in [0.1, 0.15) is 0 Å². The Hall–Kier alpha value is -0.890. The first kappa shape index (κ1) is 13.5. The third-order valence-electron chi connectivity index (χ3n) is 4.46. The first-order chi connectivity index (χ1) is 8.65. The van der Waals surface area contributed by atoms with Gasteiger partial charge in [-0.2, -0.15) is 0 Å². The Morgan fingerprint density at radius 3 is 2.89 bits per heavy atom. The van der Waals surface area contributed by atoms with E-state index in [2.05, 4.69) is 43.2 Å². The molecular formula is C16H26N2. The van der Waals surface area contributed by atoms with Gasteiger partial charge in [0.05, 0.1) is 0 Å². The van der Waals surface area contributed by atoms with Crippen molar-refractivity contribution in [2.45, 2.75) is 52.5 Å². The molecule has 1 aliphatic rings. The molecule has 18 heavy (non-hydrogen) atoms. The maximum atomic E-state index is 4.29. The van der Waals surface area contributed by atoms with Crippen LogP contribution in [0, 0.1) is 11.3 Å². The Labute approximate surface area is 111 Å². The summed E-state index contributed by atoms with van der Waals surface area (Å²) in [6.45, 7) is 8.07. The summed E-state index contributed by atoms with van der Waals surface area (Å²) in [7, 11) is 0. The molecule has 0 amide bonds. The number of nitrogens with zero attached hydrogens (tertiary/aromatic N) is 1. The zero-order chi connectivity index (χ0) is 13.0. The molecule has 1 fully saturated rings. The number of nitrogens with one attached hydrogen (secondary N) is 1. The van der Waals surface area contributed by atoms with Gasteiger partial charge < -0.3 is 5.32 Å². The average Bonchev–Trinajstić information content (AvgIpc) is 2.37. The van der Waals surface area contributed by atoms with Gasteiger partial charge in [0.25, 0.3) is 0 Å². The second-order valence-corrected chi connectivity index (χ2v) is 6.16. The molecule has 0 spiro atoms. The fourth-order valence-corrected chi connectivity index (χ4v) is 3.41. The normalized spacial score (nSPS) is 24.7. The van der Waals surface area contributed by atoms with E-state index < -0.39 is 0 Å². The Kier molecular flexibility index (Phi) is 4.39. The summed E-state index contributed by atoms with van der Waals surface area (Å²) in [6.07, 6.45) is 9.32. The fraction of sp³-hybridized carbons (Fsp3) is 0.688. The van der Waals surface area contributed by atoms with E-state index in [1.54, 1.807) is 0 Å². The molecule has 1 N–H and O–H groups in total. The summed E-state index contributed by atoms with van der Waals surface area (Å²) in [5.74, 6) is 0.718. The monoisotopic (exact) mass is 246 g/mol. The molecule has 2 nitrogen and oxygen atoms in total. The molecule has 2 unspecified atom stereocenters. The maximum Gasteiger partial charge on any atom is 0.0368 e. The Morgan fingerprint density at radius 2 is 2.28 bits per heavy atom. The highest BCUT2D eigenvalue weighted by molar-refractivity contribution is 5.16. The van der Waals surface area contributed by atoms with Gasteiger partial charge in [-0.25, -0.2) is 0 Å². The predicted molar refractivity (Wildman–Crippen MR) is 76.4 cm³/mol. The highest BCUT2D eigenvalue weighted by Crippen LogP contribution is 2.46. The van der Waals surface area contributed by atoms with E-state index in [1.807, 2.05) is 12.4 Å². The van der Waals surface area contributed by atoms with E-state index in [0.29, 0.717) is 11.5 Å². The minimum atomic E-state index is 0.431. The second-order valence-electron chi connectivity index (χ2n) is 6.16. The summed E-state index contributed by atoms with van der Waals surface area (Å²) in [6, 6.07) is 4.72. The molecule has 0 saturated heterocycles. The minimum absolute atomic E-state index is 0.431. The van der Waals surface area contributed by atoms with Crippen molar-refractivity contribution in [3.63, 3.8) is 0 Å². The molecule has 2 atom stereocenters. The van der Waals surface area contributed by atoms with E-state index >= 15 is 0 Å². The van der Waals surface area contributed by atoms with Crippen LogP contribution in [0.3, 0.4) is 0 Å². The average molecular weight is 246 g/mol. The van der Waals surface area contributed by atoms with Crippen LogP contribution in [0.25, 0.3) is 0 Å². The molecule has 2 heteroatoms. The van der Waals surface area contributed by atoms with Crippen molar-refractivity contribution in [1.82, 2.24) is 10.3 Å². The highest BCUT2D eigenvalue weighted by Gasteiger charge is 2.37. The van der Waals surface area contributed by atoms with Crippen molar-refractivity contribution < 1.29 is 0 Å².